The number of fused-ring (bicyclic) bond motifs is 1. The smallest absolute Gasteiger partial charge is 0.134 e. The van der Waals surface area contributed by atoms with Crippen molar-refractivity contribution in [3.63, 3.8) is 0 Å². The van der Waals surface area contributed by atoms with Crippen molar-refractivity contribution in [3.8, 4) is 5.75 Å². The number of halogens is 1. The van der Waals surface area contributed by atoms with E-state index in [1.807, 2.05) is 38.1 Å². The summed E-state index contributed by atoms with van der Waals surface area (Å²) in [6, 6.07) is 7.92. The summed E-state index contributed by atoms with van der Waals surface area (Å²) < 4.78 is 6.67. The molecule has 0 saturated carbocycles. The predicted octanol–water partition coefficient (Wildman–Crippen LogP) is 3.03. The minimum atomic E-state index is 0.00200. The summed E-state index contributed by atoms with van der Waals surface area (Å²) in [4.78, 5) is 4.47. The first kappa shape index (κ1) is 12.3. The zero-order valence-electron chi connectivity index (χ0n) is 9.90. The molecule has 0 aliphatic heterocycles. The van der Waals surface area contributed by atoms with Crippen molar-refractivity contribution in [3.05, 3.63) is 34.4 Å². The largest absolute Gasteiger partial charge is 0.488 e. The van der Waals surface area contributed by atoms with Gasteiger partial charge in [0.25, 0.3) is 0 Å². The highest BCUT2D eigenvalue weighted by molar-refractivity contribution is 9.10. The van der Waals surface area contributed by atoms with Crippen molar-refractivity contribution >= 4 is 26.8 Å². The van der Waals surface area contributed by atoms with Crippen molar-refractivity contribution < 1.29 is 4.74 Å². The topological polar surface area (TPSA) is 48.1 Å². The third kappa shape index (κ3) is 2.58. The van der Waals surface area contributed by atoms with Crippen molar-refractivity contribution in [2.75, 3.05) is 6.54 Å². The Hall–Kier alpha value is -1.13. The van der Waals surface area contributed by atoms with E-state index in [9.17, 15) is 0 Å². The van der Waals surface area contributed by atoms with Crippen molar-refractivity contribution in [2.24, 2.45) is 5.73 Å². The molecule has 90 valence electrons. The number of benzene rings is 1. The lowest BCUT2D eigenvalue weighted by Gasteiger charge is -2.15. The zero-order chi connectivity index (χ0) is 12.4. The quantitative estimate of drug-likeness (QED) is 0.946. The molecule has 1 heterocycles. The molecule has 1 aromatic heterocycles. The Labute approximate surface area is 109 Å². The molecule has 3 nitrogen and oxygen atoms in total. The van der Waals surface area contributed by atoms with Crippen LogP contribution in [0.4, 0.5) is 0 Å². The van der Waals surface area contributed by atoms with Gasteiger partial charge in [-0.15, -0.1) is 0 Å². The lowest BCUT2D eigenvalue weighted by Crippen LogP contribution is -2.22. The summed E-state index contributed by atoms with van der Waals surface area (Å²) in [5.41, 5.74) is 7.52. The number of hydrogen-bond acceptors (Lipinski definition) is 3. The van der Waals surface area contributed by atoms with Crippen molar-refractivity contribution in [1.29, 1.82) is 0 Å². The van der Waals surface area contributed by atoms with E-state index in [1.54, 1.807) is 0 Å². The first-order valence-electron chi connectivity index (χ1n) is 5.54. The number of aryl methyl sites for hydroxylation is 1. The summed E-state index contributed by atoms with van der Waals surface area (Å²) in [6.07, 6.45) is 0.00200. The van der Waals surface area contributed by atoms with E-state index in [-0.39, 0.29) is 6.10 Å². The number of ether oxygens (including phenoxy) is 1. The number of hydrogen-bond donors (Lipinski definition) is 1. The molecule has 2 rings (SSSR count). The van der Waals surface area contributed by atoms with Gasteiger partial charge in [0.05, 0.1) is 9.99 Å². The lowest BCUT2D eigenvalue weighted by molar-refractivity contribution is 0.229. The highest BCUT2D eigenvalue weighted by atomic mass is 79.9. The average Bonchev–Trinajstić information content (AvgIpc) is 2.32. The van der Waals surface area contributed by atoms with Crippen LogP contribution < -0.4 is 10.5 Å². The maximum atomic E-state index is 5.73. The van der Waals surface area contributed by atoms with Crippen LogP contribution in [0.25, 0.3) is 10.9 Å². The first-order chi connectivity index (χ1) is 8.11. The lowest BCUT2D eigenvalue weighted by atomic mass is 10.2. The third-order valence-electron chi connectivity index (χ3n) is 2.57. The molecule has 0 bridgehead atoms. The van der Waals surface area contributed by atoms with Crippen molar-refractivity contribution in [1.82, 2.24) is 4.98 Å². The summed E-state index contributed by atoms with van der Waals surface area (Å²) in [5.74, 6) is 0.807. The fourth-order valence-electron chi connectivity index (χ4n) is 1.61. The maximum absolute atomic E-state index is 5.73. The van der Waals surface area contributed by atoms with Gasteiger partial charge in [0.15, 0.2) is 0 Å². The number of aromatic nitrogens is 1. The Morgan fingerprint density at radius 1 is 1.35 bits per heavy atom. The second kappa shape index (κ2) is 5.02. The van der Waals surface area contributed by atoms with Crippen LogP contribution in [-0.2, 0) is 0 Å². The summed E-state index contributed by atoms with van der Waals surface area (Å²) >= 11 is 3.56. The fraction of sp³-hybridized carbons (Fsp3) is 0.308. The van der Waals surface area contributed by atoms with Crippen LogP contribution in [0.5, 0.6) is 5.75 Å². The van der Waals surface area contributed by atoms with Crippen LogP contribution in [-0.4, -0.2) is 17.6 Å². The van der Waals surface area contributed by atoms with Crippen LogP contribution in [0.3, 0.4) is 0 Å². The third-order valence-corrected chi connectivity index (χ3v) is 3.39. The number of pyridine rings is 1. The van der Waals surface area contributed by atoms with Gasteiger partial charge in [0.1, 0.15) is 11.9 Å². The van der Waals surface area contributed by atoms with Gasteiger partial charge < -0.3 is 10.5 Å². The molecule has 0 spiro atoms. The zero-order valence-corrected chi connectivity index (χ0v) is 11.5. The molecule has 0 radical (unpaired) electrons. The molecule has 0 aliphatic carbocycles. The van der Waals surface area contributed by atoms with Gasteiger partial charge in [-0.3, -0.25) is 4.98 Å². The Morgan fingerprint density at radius 3 is 2.82 bits per heavy atom. The molecule has 2 aromatic rings. The second-order valence-electron chi connectivity index (χ2n) is 4.06. The Kier molecular flexibility index (Phi) is 3.64. The van der Waals surface area contributed by atoms with E-state index < -0.39 is 0 Å². The molecule has 0 fully saturated rings. The van der Waals surface area contributed by atoms with E-state index in [0.717, 1.165) is 26.8 Å². The van der Waals surface area contributed by atoms with E-state index >= 15 is 0 Å². The molecule has 0 amide bonds. The SMILES string of the molecule is Cc1ccc2c(Br)c(OC(C)CN)ccc2n1. The van der Waals surface area contributed by atoms with Crippen LogP contribution in [0, 0.1) is 6.92 Å². The fourth-order valence-corrected chi connectivity index (χ4v) is 2.17. The Bertz CT molecular complexity index is 542. The van der Waals surface area contributed by atoms with Crippen LogP contribution in [0.1, 0.15) is 12.6 Å². The maximum Gasteiger partial charge on any atom is 0.134 e. The molecule has 1 unspecified atom stereocenters. The van der Waals surface area contributed by atoms with Gasteiger partial charge >= 0.3 is 0 Å². The number of nitrogens with two attached hydrogens (primary N) is 1. The molecular formula is C13H15BrN2O. The van der Waals surface area contributed by atoms with Gasteiger partial charge in [-0.25, -0.2) is 0 Å². The summed E-state index contributed by atoms with van der Waals surface area (Å²) in [5, 5.41) is 1.05. The summed E-state index contributed by atoms with van der Waals surface area (Å²) in [7, 11) is 0. The molecule has 17 heavy (non-hydrogen) atoms. The molecule has 0 aliphatic rings. The van der Waals surface area contributed by atoms with Gasteiger partial charge in [-0.05, 0) is 54.0 Å². The first-order valence-corrected chi connectivity index (χ1v) is 6.33. The van der Waals surface area contributed by atoms with Gasteiger partial charge in [-0.1, -0.05) is 0 Å². The molecule has 1 aromatic carbocycles. The molecule has 0 saturated heterocycles. The number of nitrogens with zero attached hydrogens (tertiary/aromatic N) is 1. The van der Waals surface area contributed by atoms with Gasteiger partial charge in [-0.2, -0.15) is 0 Å². The molecular weight excluding hydrogens is 280 g/mol. The highest BCUT2D eigenvalue weighted by Gasteiger charge is 2.09. The number of rotatable bonds is 3. The van der Waals surface area contributed by atoms with Crippen molar-refractivity contribution in [2.45, 2.75) is 20.0 Å². The molecule has 2 N–H and O–H groups in total. The van der Waals surface area contributed by atoms with Gasteiger partial charge in [0, 0.05) is 17.6 Å². The Balaban J connectivity index is 2.46. The van der Waals surface area contributed by atoms with Crippen LogP contribution >= 0.6 is 15.9 Å². The summed E-state index contributed by atoms with van der Waals surface area (Å²) in [6.45, 7) is 4.43. The predicted molar refractivity (Wildman–Crippen MR) is 73.3 cm³/mol. The molecule has 1 atom stereocenters. The average molecular weight is 295 g/mol. The minimum absolute atomic E-state index is 0.00200. The minimum Gasteiger partial charge on any atom is -0.488 e. The van der Waals surface area contributed by atoms with E-state index in [0.29, 0.717) is 6.54 Å². The second-order valence-corrected chi connectivity index (χ2v) is 4.85. The Morgan fingerprint density at radius 2 is 2.12 bits per heavy atom. The monoisotopic (exact) mass is 294 g/mol. The standard InChI is InChI=1S/C13H15BrN2O/c1-8-3-4-10-11(16-8)5-6-12(13(10)14)17-9(2)7-15/h3-6,9H,7,15H2,1-2H3. The van der Waals surface area contributed by atoms with Crippen LogP contribution in [0.2, 0.25) is 0 Å². The normalized spacial score (nSPS) is 12.7. The van der Waals surface area contributed by atoms with E-state index in [2.05, 4.69) is 20.9 Å². The van der Waals surface area contributed by atoms with Gasteiger partial charge in [0.2, 0.25) is 0 Å². The van der Waals surface area contributed by atoms with E-state index in [1.165, 1.54) is 0 Å². The molecule has 4 heteroatoms. The van der Waals surface area contributed by atoms with Crippen LogP contribution in [0.15, 0.2) is 28.7 Å². The highest BCUT2D eigenvalue weighted by Crippen LogP contribution is 2.33. The van der Waals surface area contributed by atoms with E-state index in [4.69, 9.17) is 10.5 Å².